The number of aromatic amines is 1. The van der Waals surface area contributed by atoms with Crippen LogP contribution in [0.1, 0.15) is 33.7 Å². The van der Waals surface area contributed by atoms with Crippen molar-refractivity contribution in [1.82, 2.24) is 15.2 Å². The lowest BCUT2D eigenvalue weighted by Crippen LogP contribution is -2.46. The Bertz CT molecular complexity index is 1020. The summed E-state index contributed by atoms with van der Waals surface area (Å²) in [5.74, 6) is -0.149. The molecule has 2 amide bonds. The Hall–Kier alpha value is -2.50. The summed E-state index contributed by atoms with van der Waals surface area (Å²) >= 11 is 11.9. The van der Waals surface area contributed by atoms with E-state index in [0.29, 0.717) is 34.4 Å². The number of nitrogens with one attached hydrogen (secondary N) is 2. The van der Waals surface area contributed by atoms with Crippen molar-refractivity contribution in [3.05, 3.63) is 69.8 Å². The highest BCUT2D eigenvalue weighted by molar-refractivity contribution is 6.31. The van der Waals surface area contributed by atoms with Crippen molar-refractivity contribution >= 4 is 45.9 Å². The van der Waals surface area contributed by atoms with Crippen LogP contribution in [0.3, 0.4) is 0 Å². The number of hydrogen-bond donors (Lipinski definition) is 2. The van der Waals surface area contributed by atoms with Gasteiger partial charge >= 0.3 is 0 Å². The molecule has 144 valence electrons. The topological polar surface area (TPSA) is 65.2 Å². The summed E-state index contributed by atoms with van der Waals surface area (Å²) in [5.41, 5.74) is 2.03. The Morgan fingerprint density at radius 2 is 1.64 bits per heavy atom. The van der Waals surface area contributed by atoms with Crippen LogP contribution in [0.5, 0.6) is 0 Å². The lowest BCUT2D eigenvalue weighted by molar-refractivity contribution is 0.0693. The Kier molecular flexibility index (Phi) is 5.29. The molecule has 0 radical (unpaired) electrons. The number of carbonyl (C=O) groups is 2. The van der Waals surface area contributed by atoms with Gasteiger partial charge in [0.15, 0.2) is 0 Å². The van der Waals surface area contributed by atoms with Gasteiger partial charge in [0.25, 0.3) is 11.8 Å². The number of carbonyl (C=O) groups excluding carboxylic acids is 2. The molecule has 1 aromatic heterocycles. The maximum Gasteiger partial charge on any atom is 0.270 e. The number of H-pyrrole nitrogens is 1. The van der Waals surface area contributed by atoms with E-state index in [4.69, 9.17) is 23.2 Å². The molecule has 0 bridgehead atoms. The lowest BCUT2D eigenvalue weighted by atomic mass is 10.0. The minimum absolute atomic E-state index is 0.0326. The van der Waals surface area contributed by atoms with E-state index in [1.54, 1.807) is 30.3 Å². The fraction of sp³-hybridized carbons (Fsp3) is 0.238. The average Bonchev–Trinajstić information content (AvgIpc) is 3.11. The van der Waals surface area contributed by atoms with Crippen molar-refractivity contribution in [3.8, 4) is 0 Å². The van der Waals surface area contributed by atoms with Crippen molar-refractivity contribution in [3.63, 3.8) is 0 Å². The van der Waals surface area contributed by atoms with Crippen LogP contribution in [-0.4, -0.2) is 40.8 Å². The van der Waals surface area contributed by atoms with Gasteiger partial charge in [0.2, 0.25) is 0 Å². The number of piperidine rings is 1. The Balaban J connectivity index is 1.35. The van der Waals surface area contributed by atoms with Crippen molar-refractivity contribution in [2.24, 2.45) is 0 Å². The molecule has 7 heteroatoms. The van der Waals surface area contributed by atoms with E-state index in [9.17, 15) is 9.59 Å². The predicted molar refractivity (Wildman–Crippen MR) is 111 cm³/mol. The van der Waals surface area contributed by atoms with Gasteiger partial charge in [0.1, 0.15) is 5.69 Å². The average molecular weight is 416 g/mol. The Morgan fingerprint density at radius 3 is 2.36 bits per heavy atom. The Morgan fingerprint density at radius 1 is 0.964 bits per heavy atom. The van der Waals surface area contributed by atoms with Crippen LogP contribution in [0.4, 0.5) is 0 Å². The third-order valence-corrected chi connectivity index (χ3v) is 5.52. The third kappa shape index (κ3) is 4.01. The monoisotopic (exact) mass is 415 g/mol. The fourth-order valence-electron chi connectivity index (χ4n) is 3.49. The molecule has 0 saturated carbocycles. The SMILES string of the molecule is O=C(NC1CCN(C(=O)c2cc3cc(Cl)ccc3[nH]2)CC1)c1ccc(Cl)cc1. The van der Waals surface area contributed by atoms with Crippen LogP contribution in [-0.2, 0) is 0 Å². The smallest absolute Gasteiger partial charge is 0.270 e. The van der Waals surface area contributed by atoms with Gasteiger partial charge in [-0.1, -0.05) is 23.2 Å². The molecule has 4 rings (SSSR count). The normalized spacial score (nSPS) is 15.0. The van der Waals surface area contributed by atoms with E-state index in [1.165, 1.54) is 0 Å². The van der Waals surface area contributed by atoms with Gasteiger partial charge in [-0.2, -0.15) is 0 Å². The van der Waals surface area contributed by atoms with E-state index in [2.05, 4.69) is 10.3 Å². The molecule has 0 aliphatic carbocycles. The summed E-state index contributed by atoms with van der Waals surface area (Å²) in [4.78, 5) is 30.1. The minimum Gasteiger partial charge on any atom is -0.351 e. The maximum absolute atomic E-state index is 12.8. The number of nitrogens with zero attached hydrogens (tertiary/aromatic N) is 1. The molecule has 0 spiro atoms. The maximum atomic E-state index is 12.8. The quantitative estimate of drug-likeness (QED) is 0.660. The molecular weight excluding hydrogens is 397 g/mol. The largest absolute Gasteiger partial charge is 0.351 e. The minimum atomic E-state index is -0.117. The number of rotatable bonds is 3. The van der Waals surface area contributed by atoms with Crippen molar-refractivity contribution in [2.45, 2.75) is 18.9 Å². The molecule has 2 aromatic carbocycles. The van der Waals surface area contributed by atoms with Crippen molar-refractivity contribution < 1.29 is 9.59 Å². The van der Waals surface area contributed by atoms with Crippen molar-refractivity contribution in [1.29, 1.82) is 0 Å². The third-order valence-electron chi connectivity index (χ3n) is 5.04. The van der Waals surface area contributed by atoms with Gasteiger partial charge in [-0.25, -0.2) is 0 Å². The summed E-state index contributed by atoms with van der Waals surface area (Å²) in [6.45, 7) is 1.20. The first-order valence-electron chi connectivity index (χ1n) is 9.13. The highest BCUT2D eigenvalue weighted by atomic mass is 35.5. The number of halogens is 2. The number of fused-ring (bicyclic) bond motifs is 1. The molecule has 1 saturated heterocycles. The van der Waals surface area contributed by atoms with Crippen LogP contribution in [0.25, 0.3) is 10.9 Å². The first-order chi connectivity index (χ1) is 13.5. The van der Waals surface area contributed by atoms with Gasteiger partial charge < -0.3 is 15.2 Å². The number of aromatic nitrogens is 1. The van der Waals surface area contributed by atoms with Crippen molar-refractivity contribution in [2.75, 3.05) is 13.1 Å². The molecule has 0 unspecified atom stereocenters. The zero-order chi connectivity index (χ0) is 19.7. The number of hydrogen-bond acceptors (Lipinski definition) is 2. The fourth-order valence-corrected chi connectivity index (χ4v) is 3.79. The molecule has 2 heterocycles. The van der Waals surface area contributed by atoms with Crippen LogP contribution < -0.4 is 5.32 Å². The standard InChI is InChI=1S/C21H19Cl2N3O2/c22-15-3-1-13(2-4-15)20(27)24-17-7-9-26(10-8-17)21(28)19-12-14-11-16(23)5-6-18(14)25-19/h1-6,11-12,17,25H,7-10H2,(H,24,27). The molecule has 3 aromatic rings. The summed E-state index contributed by atoms with van der Waals surface area (Å²) in [6.07, 6.45) is 1.44. The summed E-state index contributed by atoms with van der Waals surface area (Å²) in [6, 6.07) is 14.2. The molecule has 0 atom stereocenters. The van der Waals surface area contributed by atoms with Crippen LogP contribution in [0, 0.1) is 0 Å². The predicted octanol–water partition coefficient (Wildman–Crippen LogP) is 4.51. The van der Waals surface area contributed by atoms with Gasteiger partial charge in [0, 0.05) is 45.6 Å². The molecule has 1 aliphatic heterocycles. The zero-order valence-electron chi connectivity index (χ0n) is 15.0. The first-order valence-corrected chi connectivity index (χ1v) is 9.89. The molecule has 1 aliphatic rings. The van der Waals surface area contributed by atoms with Gasteiger partial charge in [-0.15, -0.1) is 0 Å². The molecule has 5 nitrogen and oxygen atoms in total. The Labute approximate surface area is 172 Å². The van der Waals surface area contributed by atoms with Crippen LogP contribution >= 0.6 is 23.2 Å². The van der Waals surface area contributed by atoms with E-state index in [0.717, 1.165) is 23.7 Å². The van der Waals surface area contributed by atoms with Crippen LogP contribution in [0.2, 0.25) is 10.0 Å². The van der Waals surface area contributed by atoms with Gasteiger partial charge in [-0.3, -0.25) is 9.59 Å². The second-order valence-electron chi connectivity index (χ2n) is 6.96. The lowest BCUT2D eigenvalue weighted by Gasteiger charge is -2.32. The highest BCUT2D eigenvalue weighted by Gasteiger charge is 2.25. The molecule has 28 heavy (non-hydrogen) atoms. The molecular formula is C21H19Cl2N3O2. The van der Waals surface area contributed by atoms with E-state index < -0.39 is 0 Å². The summed E-state index contributed by atoms with van der Waals surface area (Å²) in [7, 11) is 0. The van der Waals surface area contributed by atoms with Gasteiger partial charge in [0.05, 0.1) is 0 Å². The van der Waals surface area contributed by atoms with E-state index in [1.807, 2.05) is 23.1 Å². The zero-order valence-corrected chi connectivity index (χ0v) is 16.6. The van der Waals surface area contributed by atoms with E-state index in [-0.39, 0.29) is 17.9 Å². The summed E-state index contributed by atoms with van der Waals surface area (Å²) < 4.78 is 0. The van der Waals surface area contributed by atoms with Gasteiger partial charge in [-0.05, 0) is 61.4 Å². The first kappa shape index (κ1) is 18.8. The second kappa shape index (κ2) is 7.86. The second-order valence-corrected chi connectivity index (χ2v) is 7.83. The van der Waals surface area contributed by atoms with Crippen LogP contribution in [0.15, 0.2) is 48.5 Å². The molecule has 2 N–H and O–H groups in total. The number of benzene rings is 2. The highest BCUT2D eigenvalue weighted by Crippen LogP contribution is 2.22. The van der Waals surface area contributed by atoms with E-state index >= 15 is 0 Å². The summed E-state index contributed by atoms with van der Waals surface area (Å²) in [5, 5.41) is 5.20. The number of amides is 2. The molecule has 1 fully saturated rings. The number of likely N-dealkylation sites (tertiary alicyclic amines) is 1.